The molecule has 2 aromatic heterocycles. The molecule has 0 aliphatic rings. The van der Waals surface area contributed by atoms with E-state index in [2.05, 4.69) is 14.9 Å². The lowest BCUT2D eigenvalue weighted by Gasteiger charge is -2.08. The van der Waals surface area contributed by atoms with Crippen LogP contribution in [-0.4, -0.2) is 29.2 Å². The summed E-state index contributed by atoms with van der Waals surface area (Å²) in [6.45, 7) is 1.80. The number of pyridine rings is 1. The second-order valence-electron chi connectivity index (χ2n) is 6.63. The van der Waals surface area contributed by atoms with E-state index in [4.69, 9.17) is 9.26 Å². The molecule has 0 spiro atoms. The lowest BCUT2D eigenvalue weighted by molar-refractivity contribution is 0.0473. The molecule has 0 N–H and O–H groups in total. The Kier molecular flexibility index (Phi) is 5.26. The molecule has 2 aromatic carbocycles. The molecule has 0 radical (unpaired) electrons. The number of ether oxygens (including phenoxy) is 2. The van der Waals surface area contributed by atoms with Crippen molar-refractivity contribution in [3.05, 3.63) is 83.0 Å². The third-order valence-electron chi connectivity index (χ3n) is 4.65. The molecule has 0 atom stereocenters. The average Bonchev–Trinajstić information content (AvgIpc) is 3.18. The van der Waals surface area contributed by atoms with Gasteiger partial charge in [-0.2, -0.15) is 0 Å². The number of hydrogen-bond donors (Lipinski definition) is 0. The fourth-order valence-electron chi connectivity index (χ4n) is 3.09. The van der Waals surface area contributed by atoms with Crippen LogP contribution in [0.3, 0.4) is 0 Å². The van der Waals surface area contributed by atoms with Crippen LogP contribution >= 0.6 is 0 Å². The summed E-state index contributed by atoms with van der Waals surface area (Å²) < 4.78 is 15.5. The van der Waals surface area contributed by atoms with E-state index < -0.39 is 11.9 Å². The second kappa shape index (κ2) is 8.16. The minimum atomic E-state index is -0.511. The van der Waals surface area contributed by atoms with Gasteiger partial charge in [0.25, 0.3) is 5.71 Å². The highest BCUT2D eigenvalue weighted by atomic mass is 16.5. The van der Waals surface area contributed by atoms with E-state index in [1.807, 2.05) is 30.3 Å². The molecule has 0 aliphatic heterocycles. The highest BCUT2D eigenvalue weighted by molar-refractivity contribution is 6.04. The Balaban J connectivity index is 1.61. The summed E-state index contributed by atoms with van der Waals surface area (Å²) in [4.78, 5) is 28.9. The predicted octanol–water partition coefficient (Wildman–Crippen LogP) is 4.34. The minimum Gasteiger partial charge on any atom is -0.465 e. The van der Waals surface area contributed by atoms with Gasteiger partial charge in [0.15, 0.2) is 0 Å². The van der Waals surface area contributed by atoms with Crippen LogP contribution in [0.2, 0.25) is 0 Å². The SMILES string of the molecule is COC(=O)c1ccc(COC(=O)c2cc(-c3ccccc3)nc3onc(C)c23)cc1. The van der Waals surface area contributed by atoms with Crippen LogP contribution < -0.4 is 0 Å². The third kappa shape index (κ3) is 3.77. The lowest BCUT2D eigenvalue weighted by atomic mass is 10.1. The number of hydrogen-bond acceptors (Lipinski definition) is 7. The molecule has 2 heterocycles. The van der Waals surface area contributed by atoms with Crippen LogP contribution in [-0.2, 0) is 16.1 Å². The summed E-state index contributed by atoms with van der Waals surface area (Å²) >= 11 is 0. The van der Waals surface area contributed by atoms with Crippen molar-refractivity contribution in [1.82, 2.24) is 10.1 Å². The summed E-state index contributed by atoms with van der Waals surface area (Å²) in [5, 5.41) is 4.47. The standard InChI is InChI=1S/C23H18N2O5/c1-14-20-18(12-19(24-21(20)30-25-14)16-6-4-3-5-7-16)23(27)29-13-15-8-10-17(11-9-15)22(26)28-2/h3-12H,13H2,1-2H3. The van der Waals surface area contributed by atoms with Gasteiger partial charge >= 0.3 is 11.9 Å². The maximum atomic E-state index is 12.9. The van der Waals surface area contributed by atoms with Gasteiger partial charge in [-0.1, -0.05) is 47.6 Å². The van der Waals surface area contributed by atoms with E-state index in [-0.39, 0.29) is 12.3 Å². The molecule has 4 aromatic rings. The Morgan fingerprint density at radius 3 is 2.43 bits per heavy atom. The molecule has 150 valence electrons. The number of benzene rings is 2. The van der Waals surface area contributed by atoms with Crippen molar-refractivity contribution in [1.29, 1.82) is 0 Å². The first-order valence-corrected chi connectivity index (χ1v) is 9.23. The zero-order valence-electron chi connectivity index (χ0n) is 16.4. The molecule has 0 amide bonds. The van der Waals surface area contributed by atoms with Crippen molar-refractivity contribution >= 4 is 23.0 Å². The Morgan fingerprint density at radius 1 is 1.00 bits per heavy atom. The molecule has 0 aliphatic carbocycles. The summed E-state index contributed by atoms with van der Waals surface area (Å²) in [7, 11) is 1.32. The van der Waals surface area contributed by atoms with Gasteiger partial charge in [0.1, 0.15) is 6.61 Å². The molecule has 0 saturated heterocycles. The topological polar surface area (TPSA) is 91.5 Å². The molecule has 0 saturated carbocycles. The first-order chi connectivity index (χ1) is 14.6. The zero-order chi connectivity index (χ0) is 21.1. The van der Waals surface area contributed by atoms with Gasteiger partial charge in [0.2, 0.25) is 0 Å². The second-order valence-corrected chi connectivity index (χ2v) is 6.63. The summed E-state index contributed by atoms with van der Waals surface area (Å²) in [5.41, 5.74) is 3.79. The normalized spacial score (nSPS) is 10.7. The quantitative estimate of drug-likeness (QED) is 0.459. The number of methoxy groups -OCH3 is 1. The largest absolute Gasteiger partial charge is 0.465 e. The van der Waals surface area contributed by atoms with Gasteiger partial charge in [0, 0.05) is 5.56 Å². The summed E-state index contributed by atoms with van der Waals surface area (Å²) in [6, 6.07) is 17.8. The smallest absolute Gasteiger partial charge is 0.339 e. The summed E-state index contributed by atoms with van der Waals surface area (Å²) in [6.07, 6.45) is 0. The fraction of sp³-hybridized carbons (Fsp3) is 0.130. The number of esters is 2. The van der Waals surface area contributed by atoms with Gasteiger partial charge in [-0.15, -0.1) is 0 Å². The number of aryl methyl sites for hydroxylation is 1. The van der Waals surface area contributed by atoms with Crippen LogP contribution in [0.1, 0.15) is 32.0 Å². The molecular formula is C23H18N2O5. The zero-order valence-corrected chi connectivity index (χ0v) is 16.4. The molecule has 4 rings (SSSR count). The molecule has 0 fully saturated rings. The Bertz CT molecular complexity index is 1210. The van der Waals surface area contributed by atoms with Crippen LogP contribution in [0.15, 0.2) is 65.2 Å². The van der Waals surface area contributed by atoms with Crippen LogP contribution in [0.5, 0.6) is 0 Å². The van der Waals surface area contributed by atoms with Gasteiger partial charge in [-0.3, -0.25) is 0 Å². The Morgan fingerprint density at radius 2 is 1.73 bits per heavy atom. The minimum absolute atomic E-state index is 0.0507. The van der Waals surface area contributed by atoms with Gasteiger partial charge < -0.3 is 14.0 Å². The number of carbonyl (C=O) groups excluding carboxylic acids is 2. The van der Waals surface area contributed by atoms with E-state index in [0.717, 1.165) is 11.1 Å². The third-order valence-corrected chi connectivity index (χ3v) is 4.65. The van der Waals surface area contributed by atoms with Crippen molar-refractivity contribution in [2.75, 3.05) is 7.11 Å². The highest BCUT2D eigenvalue weighted by Gasteiger charge is 2.20. The maximum Gasteiger partial charge on any atom is 0.339 e. The number of nitrogens with zero attached hydrogens (tertiary/aromatic N) is 2. The molecule has 0 unspecified atom stereocenters. The van der Waals surface area contributed by atoms with E-state index in [1.54, 1.807) is 37.3 Å². The molecule has 7 nitrogen and oxygen atoms in total. The Labute approximate surface area is 172 Å². The number of rotatable bonds is 5. The van der Waals surface area contributed by atoms with Crippen molar-refractivity contribution in [2.45, 2.75) is 13.5 Å². The molecule has 0 bridgehead atoms. The number of fused-ring (bicyclic) bond motifs is 1. The summed E-state index contributed by atoms with van der Waals surface area (Å²) in [5.74, 6) is -0.933. The number of aromatic nitrogens is 2. The first kappa shape index (κ1) is 19.3. The molecule has 7 heteroatoms. The van der Waals surface area contributed by atoms with E-state index in [9.17, 15) is 9.59 Å². The number of carbonyl (C=O) groups is 2. The molecule has 30 heavy (non-hydrogen) atoms. The monoisotopic (exact) mass is 402 g/mol. The lowest BCUT2D eigenvalue weighted by Crippen LogP contribution is -2.07. The van der Waals surface area contributed by atoms with Crippen molar-refractivity contribution in [2.24, 2.45) is 0 Å². The van der Waals surface area contributed by atoms with Gasteiger partial charge in [-0.05, 0) is 30.7 Å². The van der Waals surface area contributed by atoms with Crippen LogP contribution in [0.4, 0.5) is 0 Å². The van der Waals surface area contributed by atoms with Crippen molar-refractivity contribution < 1.29 is 23.6 Å². The predicted molar refractivity (Wildman–Crippen MR) is 109 cm³/mol. The first-order valence-electron chi connectivity index (χ1n) is 9.23. The maximum absolute atomic E-state index is 12.9. The molecular weight excluding hydrogens is 384 g/mol. The van der Waals surface area contributed by atoms with E-state index in [0.29, 0.717) is 27.9 Å². The van der Waals surface area contributed by atoms with E-state index >= 15 is 0 Å². The average molecular weight is 402 g/mol. The Hall–Kier alpha value is -4.00. The van der Waals surface area contributed by atoms with Crippen LogP contribution in [0.25, 0.3) is 22.4 Å². The highest BCUT2D eigenvalue weighted by Crippen LogP contribution is 2.27. The van der Waals surface area contributed by atoms with Crippen molar-refractivity contribution in [3.8, 4) is 11.3 Å². The van der Waals surface area contributed by atoms with Crippen molar-refractivity contribution in [3.63, 3.8) is 0 Å². The van der Waals surface area contributed by atoms with Crippen LogP contribution in [0, 0.1) is 6.92 Å². The fourth-order valence-corrected chi connectivity index (χ4v) is 3.09. The van der Waals surface area contributed by atoms with Gasteiger partial charge in [0.05, 0.1) is 35.0 Å². The van der Waals surface area contributed by atoms with Gasteiger partial charge in [-0.25, -0.2) is 14.6 Å². The van der Waals surface area contributed by atoms with E-state index in [1.165, 1.54) is 7.11 Å².